The maximum atomic E-state index is 12.9. The van der Waals surface area contributed by atoms with Gasteiger partial charge in [-0.1, -0.05) is 42.6 Å². The predicted molar refractivity (Wildman–Crippen MR) is 91.3 cm³/mol. The van der Waals surface area contributed by atoms with Crippen molar-refractivity contribution in [3.63, 3.8) is 0 Å². The minimum Gasteiger partial charge on any atom is -0.333 e. The molecule has 0 radical (unpaired) electrons. The Morgan fingerprint density at radius 1 is 0.963 bits per heavy atom. The van der Waals surface area contributed by atoms with Gasteiger partial charge in [0.2, 0.25) is 0 Å². The van der Waals surface area contributed by atoms with E-state index in [1.165, 1.54) is 0 Å². The lowest BCUT2D eigenvalue weighted by Gasteiger charge is -2.20. The van der Waals surface area contributed by atoms with Gasteiger partial charge in [0.1, 0.15) is 0 Å². The number of nitrogens with one attached hydrogen (secondary N) is 1. The fraction of sp³-hybridized carbons (Fsp3) is 0.235. The Hall–Kier alpha value is -2.36. The van der Waals surface area contributed by atoms with Crippen LogP contribution in [0, 0.1) is 6.92 Å². The Balaban J connectivity index is 2.24. The van der Waals surface area contributed by atoms with Crippen molar-refractivity contribution in [1.29, 1.82) is 0 Å². The first-order chi connectivity index (χ1) is 12.4. The summed E-state index contributed by atoms with van der Waals surface area (Å²) in [4.78, 5) is 12.1. The van der Waals surface area contributed by atoms with Gasteiger partial charge in [0.05, 0.1) is 16.8 Å². The van der Waals surface area contributed by atoms with Crippen molar-refractivity contribution in [2.75, 3.05) is 4.31 Å². The number of carbonyl (C=O) groups is 1. The lowest BCUT2D eigenvalue weighted by Crippen LogP contribution is -2.33. The van der Waals surface area contributed by atoms with Crippen molar-refractivity contribution in [2.45, 2.75) is 25.8 Å². The maximum Gasteiger partial charge on any atom is 0.416 e. The highest BCUT2D eigenvalue weighted by Crippen LogP contribution is 2.38. The quantitative estimate of drug-likeness (QED) is 0.503. The van der Waals surface area contributed by atoms with Gasteiger partial charge in [-0.05, 0) is 30.7 Å². The van der Waals surface area contributed by atoms with Crippen LogP contribution in [-0.2, 0) is 18.9 Å². The fourth-order valence-corrected chi connectivity index (χ4v) is 2.32. The van der Waals surface area contributed by atoms with E-state index in [0.717, 1.165) is 5.56 Å². The Kier molecular flexibility index (Phi) is 5.98. The molecule has 2 aromatic carbocycles. The van der Waals surface area contributed by atoms with E-state index >= 15 is 0 Å². The first-order valence-corrected chi connectivity index (χ1v) is 7.90. The molecule has 0 fully saturated rings. The van der Waals surface area contributed by atoms with Crippen LogP contribution in [-0.4, -0.2) is 6.03 Å². The third-order valence-corrected chi connectivity index (χ3v) is 3.99. The molecule has 146 valence electrons. The molecule has 0 saturated heterocycles. The largest absolute Gasteiger partial charge is 0.416 e. The Labute approximate surface area is 156 Å². The predicted octanol–water partition coefficient (Wildman–Crippen LogP) is 5.59. The number of thiol groups is 1. The van der Waals surface area contributed by atoms with Gasteiger partial charge in [0.15, 0.2) is 0 Å². The number of urea groups is 1. The number of hydrogen-bond acceptors (Lipinski definition) is 2. The van der Waals surface area contributed by atoms with Gasteiger partial charge in [-0.3, -0.25) is 0 Å². The molecule has 2 rings (SSSR count). The van der Waals surface area contributed by atoms with E-state index in [-0.39, 0.29) is 12.6 Å². The molecule has 0 spiro atoms. The van der Waals surface area contributed by atoms with Gasteiger partial charge in [0.25, 0.3) is 0 Å². The minimum absolute atomic E-state index is 0.0185. The summed E-state index contributed by atoms with van der Waals surface area (Å²) in [5.74, 6) is 0. The molecule has 0 aliphatic heterocycles. The fourth-order valence-electron chi connectivity index (χ4n) is 2.14. The molecule has 0 aliphatic rings. The number of alkyl halides is 6. The number of rotatable bonds is 3. The molecule has 0 heterocycles. The second-order valence-corrected chi connectivity index (χ2v) is 6.12. The van der Waals surface area contributed by atoms with Crippen LogP contribution in [0.15, 0.2) is 42.5 Å². The van der Waals surface area contributed by atoms with Crippen molar-refractivity contribution >= 4 is 24.5 Å². The van der Waals surface area contributed by atoms with E-state index in [1.807, 2.05) is 6.92 Å². The monoisotopic (exact) mass is 408 g/mol. The molecule has 0 unspecified atom stereocenters. The zero-order valence-corrected chi connectivity index (χ0v) is 14.7. The molecule has 0 aliphatic carbocycles. The van der Waals surface area contributed by atoms with Crippen molar-refractivity contribution in [1.82, 2.24) is 5.32 Å². The van der Waals surface area contributed by atoms with Gasteiger partial charge in [-0.25, -0.2) is 9.10 Å². The molecule has 10 heteroatoms. The van der Waals surface area contributed by atoms with Crippen LogP contribution in [0.1, 0.15) is 22.3 Å². The molecule has 0 saturated carbocycles. The smallest absolute Gasteiger partial charge is 0.333 e. The second-order valence-electron chi connectivity index (χ2n) is 5.72. The Morgan fingerprint density at radius 2 is 1.44 bits per heavy atom. The highest BCUT2D eigenvalue weighted by atomic mass is 32.1. The van der Waals surface area contributed by atoms with Gasteiger partial charge >= 0.3 is 18.4 Å². The summed E-state index contributed by atoms with van der Waals surface area (Å²) in [5.41, 5.74) is -2.02. The molecule has 3 nitrogen and oxygen atoms in total. The van der Waals surface area contributed by atoms with Crippen LogP contribution in [0.3, 0.4) is 0 Å². The van der Waals surface area contributed by atoms with E-state index in [1.54, 1.807) is 24.3 Å². The standard InChI is InChI=1S/C17H14F6N2OS/c1-10-2-4-11(5-3-10)9-24-15(26)25(27)14-7-12(16(18,19)20)6-13(8-14)17(21,22)23/h2-8,27H,9H2,1H3,(H,24,26). The van der Waals surface area contributed by atoms with Crippen LogP contribution in [0.5, 0.6) is 0 Å². The van der Waals surface area contributed by atoms with Gasteiger partial charge in [-0.2, -0.15) is 26.3 Å². The van der Waals surface area contributed by atoms with E-state index in [4.69, 9.17) is 0 Å². The van der Waals surface area contributed by atoms with E-state index in [9.17, 15) is 31.1 Å². The van der Waals surface area contributed by atoms with Crippen LogP contribution in [0.2, 0.25) is 0 Å². The van der Waals surface area contributed by atoms with Crippen LogP contribution in [0.25, 0.3) is 0 Å². The molecule has 0 atom stereocenters. The summed E-state index contributed by atoms with van der Waals surface area (Å²) in [6, 6.07) is 6.91. The van der Waals surface area contributed by atoms with Crippen LogP contribution < -0.4 is 9.62 Å². The lowest BCUT2D eigenvalue weighted by atomic mass is 10.1. The second kappa shape index (κ2) is 7.71. The topological polar surface area (TPSA) is 32.3 Å². The number of nitrogens with zero attached hydrogens (tertiary/aromatic N) is 1. The van der Waals surface area contributed by atoms with E-state index in [0.29, 0.717) is 22.0 Å². The minimum atomic E-state index is -5.01. The summed E-state index contributed by atoms with van der Waals surface area (Å²) < 4.78 is 77.7. The van der Waals surface area contributed by atoms with Gasteiger partial charge in [-0.15, -0.1) is 0 Å². The number of aryl methyl sites for hydroxylation is 1. The van der Waals surface area contributed by atoms with Crippen molar-refractivity contribution in [2.24, 2.45) is 0 Å². The molecule has 0 aromatic heterocycles. The number of hydrogen-bond donors (Lipinski definition) is 2. The first-order valence-electron chi connectivity index (χ1n) is 7.50. The summed E-state index contributed by atoms with van der Waals surface area (Å²) >= 11 is 3.75. The molecular weight excluding hydrogens is 394 g/mol. The summed E-state index contributed by atoms with van der Waals surface area (Å²) in [7, 11) is 0. The average Bonchev–Trinajstić information content (AvgIpc) is 2.58. The summed E-state index contributed by atoms with van der Waals surface area (Å²) in [6.45, 7) is 1.89. The average molecular weight is 408 g/mol. The molecular formula is C17H14F6N2OS. The van der Waals surface area contributed by atoms with Crippen molar-refractivity contribution in [3.8, 4) is 0 Å². The van der Waals surface area contributed by atoms with E-state index in [2.05, 4.69) is 18.1 Å². The van der Waals surface area contributed by atoms with Crippen molar-refractivity contribution in [3.05, 3.63) is 64.7 Å². The molecule has 2 aromatic rings. The number of benzene rings is 2. The number of amides is 2. The highest BCUT2D eigenvalue weighted by molar-refractivity contribution is 7.82. The zero-order chi connectivity index (χ0) is 20.4. The summed E-state index contributed by atoms with van der Waals surface area (Å²) in [5, 5.41) is 2.38. The Bertz CT molecular complexity index is 785. The molecule has 27 heavy (non-hydrogen) atoms. The summed E-state index contributed by atoms with van der Waals surface area (Å²) in [6.07, 6.45) is -10.0. The third-order valence-electron chi connectivity index (χ3n) is 3.57. The number of anilines is 1. The first kappa shape index (κ1) is 20.9. The van der Waals surface area contributed by atoms with Crippen LogP contribution in [0.4, 0.5) is 36.8 Å². The normalized spacial score (nSPS) is 12.0. The molecule has 2 amide bonds. The highest BCUT2D eigenvalue weighted by Gasteiger charge is 2.37. The maximum absolute atomic E-state index is 12.9. The molecule has 0 bridgehead atoms. The third kappa shape index (κ3) is 5.56. The van der Waals surface area contributed by atoms with E-state index < -0.39 is 35.2 Å². The number of carbonyl (C=O) groups excluding carboxylic acids is 1. The van der Waals surface area contributed by atoms with Gasteiger partial charge < -0.3 is 5.32 Å². The Morgan fingerprint density at radius 3 is 1.89 bits per heavy atom. The van der Waals surface area contributed by atoms with Crippen LogP contribution >= 0.6 is 12.8 Å². The van der Waals surface area contributed by atoms with Gasteiger partial charge in [0, 0.05) is 6.54 Å². The number of halogens is 6. The SMILES string of the molecule is Cc1ccc(CNC(=O)N(S)c2cc(C(F)(F)F)cc(C(F)(F)F)c2)cc1. The van der Waals surface area contributed by atoms with Crippen molar-refractivity contribution < 1.29 is 31.1 Å². The lowest BCUT2D eigenvalue weighted by molar-refractivity contribution is -0.143. The zero-order valence-electron chi connectivity index (χ0n) is 13.8. The molecule has 1 N–H and O–H groups in total.